The second kappa shape index (κ2) is 4.78. The van der Waals surface area contributed by atoms with E-state index in [2.05, 4.69) is 0 Å². The predicted octanol–water partition coefficient (Wildman–Crippen LogP) is 0.357. The Bertz CT molecular complexity index is 698. The third kappa shape index (κ3) is 1.97. The molecular weight excluding hydrogens is 230 g/mol. The Balaban J connectivity index is 2.80. The summed E-state index contributed by atoms with van der Waals surface area (Å²) >= 11 is 0. The van der Waals surface area contributed by atoms with Crippen LogP contribution in [0.1, 0.15) is 12.0 Å². The van der Waals surface area contributed by atoms with Crippen LogP contribution in [-0.2, 0) is 13.6 Å². The van der Waals surface area contributed by atoms with Crippen LogP contribution in [0.2, 0.25) is 0 Å². The van der Waals surface area contributed by atoms with Crippen molar-refractivity contribution in [3.63, 3.8) is 0 Å². The molecule has 5 heteroatoms. The Kier molecular flexibility index (Phi) is 3.34. The van der Waals surface area contributed by atoms with Gasteiger partial charge in [0, 0.05) is 13.6 Å². The molecule has 0 radical (unpaired) electrons. The molecule has 0 aliphatic carbocycles. The minimum absolute atomic E-state index is 0.235. The second-order valence-corrected chi connectivity index (χ2v) is 4.46. The molecule has 1 heterocycles. The summed E-state index contributed by atoms with van der Waals surface area (Å²) in [5.74, 6) is 0. The fourth-order valence-corrected chi connectivity index (χ4v) is 2.06. The van der Waals surface area contributed by atoms with Gasteiger partial charge < -0.3 is 5.73 Å². The molecule has 0 bridgehead atoms. The summed E-state index contributed by atoms with van der Waals surface area (Å²) in [5, 5.41) is 0.569. The lowest BCUT2D eigenvalue weighted by molar-refractivity contribution is 0.579. The van der Waals surface area contributed by atoms with Gasteiger partial charge in [-0.1, -0.05) is 6.07 Å². The summed E-state index contributed by atoms with van der Waals surface area (Å²) in [4.78, 5) is 24.3. The lowest BCUT2D eigenvalue weighted by Gasteiger charge is -2.10. The Morgan fingerprint density at radius 3 is 2.67 bits per heavy atom. The molecule has 5 nitrogen and oxygen atoms in total. The number of hydrogen-bond donors (Lipinski definition) is 1. The number of nitrogens with two attached hydrogens (primary N) is 1. The third-order valence-corrected chi connectivity index (χ3v) is 3.09. The van der Waals surface area contributed by atoms with E-state index in [9.17, 15) is 9.59 Å². The SMILES string of the molecule is Cc1ccc2c(=O)n(CCCN)c(=O)n(C)c2c1. The first-order valence-corrected chi connectivity index (χ1v) is 5.96. The van der Waals surface area contributed by atoms with Gasteiger partial charge in [-0.05, 0) is 37.6 Å². The topological polar surface area (TPSA) is 70.0 Å². The quantitative estimate of drug-likeness (QED) is 0.851. The van der Waals surface area contributed by atoms with Crippen LogP contribution < -0.4 is 17.0 Å². The summed E-state index contributed by atoms with van der Waals surface area (Å²) in [6.07, 6.45) is 0.618. The van der Waals surface area contributed by atoms with Crippen LogP contribution in [-0.4, -0.2) is 15.7 Å². The number of fused-ring (bicyclic) bond motifs is 1. The number of benzene rings is 1. The van der Waals surface area contributed by atoms with Gasteiger partial charge in [-0.15, -0.1) is 0 Å². The lowest BCUT2D eigenvalue weighted by Crippen LogP contribution is -2.39. The molecule has 0 amide bonds. The third-order valence-electron chi connectivity index (χ3n) is 3.09. The number of aryl methyl sites for hydroxylation is 2. The molecule has 0 fully saturated rings. The van der Waals surface area contributed by atoms with Gasteiger partial charge in [0.25, 0.3) is 5.56 Å². The number of rotatable bonds is 3. The number of nitrogens with zero attached hydrogens (tertiary/aromatic N) is 2. The van der Waals surface area contributed by atoms with Crippen molar-refractivity contribution in [2.75, 3.05) is 6.54 Å². The van der Waals surface area contributed by atoms with Crippen LogP contribution in [0.3, 0.4) is 0 Å². The molecule has 1 aromatic heterocycles. The van der Waals surface area contributed by atoms with Gasteiger partial charge >= 0.3 is 5.69 Å². The lowest BCUT2D eigenvalue weighted by atomic mass is 10.1. The maximum atomic E-state index is 12.2. The second-order valence-electron chi connectivity index (χ2n) is 4.46. The van der Waals surface area contributed by atoms with Gasteiger partial charge in [0.2, 0.25) is 0 Å². The van der Waals surface area contributed by atoms with Crippen molar-refractivity contribution < 1.29 is 0 Å². The summed E-state index contributed by atoms with van der Waals surface area (Å²) in [5.41, 5.74) is 6.60. The average Bonchev–Trinajstić information content (AvgIpc) is 2.36. The normalized spacial score (nSPS) is 11.1. The zero-order chi connectivity index (χ0) is 13.3. The Morgan fingerprint density at radius 1 is 1.28 bits per heavy atom. The van der Waals surface area contributed by atoms with Crippen molar-refractivity contribution in [2.45, 2.75) is 19.9 Å². The first-order chi connectivity index (χ1) is 8.56. The molecule has 0 aliphatic heterocycles. The van der Waals surface area contributed by atoms with E-state index in [-0.39, 0.29) is 11.2 Å². The van der Waals surface area contributed by atoms with Crippen LogP contribution >= 0.6 is 0 Å². The van der Waals surface area contributed by atoms with E-state index in [1.165, 1.54) is 9.13 Å². The summed E-state index contributed by atoms with van der Waals surface area (Å²) < 4.78 is 2.77. The van der Waals surface area contributed by atoms with Crippen LogP contribution in [0.4, 0.5) is 0 Å². The summed E-state index contributed by atoms with van der Waals surface area (Å²) in [6.45, 7) is 2.76. The van der Waals surface area contributed by atoms with Gasteiger partial charge in [-0.2, -0.15) is 0 Å². The van der Waals surface area contributed by atoms with Crippen LogP contribution in [0.15, 0.2) is 27.8 Å². The average molecular weight is 247 g/mol. The summed E-state index contributed by atoms with van der Waals surface area (Å²) in [6, 6.07) is 5.50. The molecule has 18 heavy (non-hydrogen) atoms. The number of aromatic nitrogens is 2. The molecule has 2 aromatic rings. The van der Waals surface area contributed by atoms with E-state index in [1.54, 1.807) is 13.1 Å². The van der Waals surface area contributed by atoms with E-state index in [1.807, 2.05) is 19.1 Å². The van der Waals surface area contributed by atoms with E-state index >= 15 is 0 Å². The van der Waals surface area contributed by atoms with E-state index in [0.717, 1.165) is 5.56 Å². The van der Waals surface area contributed by atoms with Crippen molar-refractivity contribution in [3.05, 3.63) is 44.6 Å². The Hall–Kier alpha value is -1.88. The van der Waals surface area contributed by atoms with Crippen molar-refractivity contribution in [3.8, 4) is 0 Å². The highest BCUT2D eigenvalue weighted by Gasteiger charge is 2.10. The molecular formula is C13H17N3O2. The van der Waals surface area contributed by atoms with Crippen LogP contribution in [0.5, 0.6) is 0 Å². The first-order valence-electron chi connectivity index (χ1n) is 5.96. The fourth-order valence-electron chi connectivity index (χ4n) is 2.06. The number of hydrogen-bond acceptors (Lipinski definition) is 3. The maximum Gasteiger partial charge on any atom is 0.331 e. The van der Waals surface area contributed by atoms with Gasteiger partial charge in [-0.3, -0.25) is 13.9 Å². The molecule has 1 aromatic carbocycles. The molecule has 0 saturated heterocycles. The smallest absolute Gasteiger partial charge is 0.330 e. The molecule has 0 atom stereocenters. The fraction of sp³-hybridized carbons (Fsp3) is 0.385. The molecule has 2 N–H and O–H groups in total. The highest BCUT2D eigenvalue weighted by molar-refractivity contribution is 5.78. The standard InChI is InChI=1S/C13H17N3O2/c1-9-4-5-10-11(8-9)15(2)13(18)16(12(10)17)7-3-6-14/h4-5,8H,3,6-7,14H2,1-2H3. The monoisotopic (exact) mass is 247 g/mol. The zero-order valence-electron chi connectivity index (χ0n) is 10.6. The zero-order valence-corrected chi connectivity index (χ0v) is 10.6. The molecule has 0 unspecified atom stereocenters. The minimum Gasteiger partial charge on any atom is -0.330 e. The van der Waals surface area contributed by atoms with E-state index in [0.29, 0.717) is 30.4 Å². The van der Waals surface area contributed by atoms with Gasteiger partial charge in [-0.25, -0.2) is 4.79 Å². The van der Waals surface area contributed by atoms with Crippen LogP contribution in [0.25, 0.3) is 10.9 Å². The van der Waals surface area contributed by atoms with Crippen LogP contribution in [0, 0.1) is 6.92 Å². The largest absolute Gasteiger partial charge is 0.331 e. The Morgan fingerprint density at radius 2 is 2.00 bits per heavy atom. The highest BCUT2D eigenvalue weighted by atomic mass is 16.2. The van der Waals surface area contributed by atoms with E-state index in [4.69, 9.17) is 5.73 Å². The van der Waals surface area contributed by atoms with Crippen molar-refractivity contribution >= 4 is 10.9 Å². The van der Waals surface area contributed by atoms with Crippen molar-refractivity contribution in [1.82, 2.24) is 9.13 Å². The van der Waals surface area contributed by atoms with Crippen molar-refractivity contribution in [2.24, 2.45) is 12.8 Å². The van der Waals surface area contributed by atoms with Gasteiger partial charge in [0.05, 0.1) is 10.9 Å². The molecule has 0 spiro atoms. The molecule has 2 rings (SSSR count). The van der Waals surface area contributed by atoms with Crippen molar-refractivity contribution in [1.29, 1.82) is 0 Å². The minimum atomic E-state index is -0.286. The highest BCUT2D eigenvalue weighted by Crippen LogP contribution is 2.09. The Labute approximate surface area is 104 Å². The van der Waals surface area contributed by atoms with Gasteiger partial charge in [0.15, 0.2) is 0 Å². The van der Waals surface area contributed by atoms with E-state index < -0.39 is 0 Å². The molecule has 0 aliphatic rings. The summed E-state index contributed by atoms with van der Waals surface area (Å²) in [7, 11) is 1.68. The predicted molar refractivity (Wildman–Crippen MR) is 71.9 cm³/mol. The first kappa shape index (κ1) is 12.6. The maximum absolute atomic E-state index is 12.2. The van der Waals surface area contributed by atoms with Gasteiger partial charge in [0.1, 0.15) is 0 Å². The molecule has 96 valence electrons. The molecule has 0 saturated carbocycles.